The van der Waals surface area contributed by atoms with E-state index in [2.05, 4.69) is 22.0 Å². The Morgan fingerprint density at radius 3 is 2.66 bits per heavy atom. The van der Waals surface area contributed by atoms with Gasteiger partial charge in [0.15, 0.2) is 5.96 Å². The van der Waals surface area contributed by atoms with Crippen LogP contribution in [0.3, 0.4) is 0 Å². The summed E-state index contributed by atoms with van der Waals surface area (Å²) < 4.78 is 28.8. The monoisotopic (exact) mass is 524 g/mol. The van der Waals surface area contributed by atoms with E-state index in [0.717, 1.165) is 25.1 Å². The third kappa shape index (κ3) is 8.71. The number of hydrogen-bond acceptors (Lipinski definition) is 3. The molecule has 1 aromatic carbocycles. The molecule has 164 valence electrons. The fourth-order valence-corrected chi connectivity index (χ4v) is 3.37. The summed E-state index contributed by atoms with van der Waals surface area (Å²) in [6, 6.07) is 6.51. The molecule has 9 heteroatoms. The van der Waals surface area contributed by atoms with Crippen molar-refractivity contribution in [1.82, 2.24) is 15.1 Å². The minimum Gasteiger partial charge on any atom is -0.435 e. The molecule has 0 bridgehead atoms. The molecule has 0 saturated carbocycles. The van der Waals surface area contributed by atoms with Gasteiger partial charge in [-0.3, -0.25) is 9.79 Å². The van der Waals surface area contributed by atoms with Crippen LogP contribution in [0.15, 0.2) is 29.3 Å². The van der Waals surface area contributed by atoms with Gasteiger partial charge in [-0.15, -0.1) is 24.0 Å². The number of hydrogen-bond donors (Lipinski definition) is 1. The van der Waals surface area contributed by atoms with Gasteiger partial charge in [0.05, 0.1) is 0 Å². The summed E-state index contributed by atoms with van der Waals surface area (Å²) in [5.74, 6) is 1.55. The highest BCUT2D eigenvalue weighted by molar-refractivity contribution is 14.0. The quantitative estimate of drug-likeness (QED) is 0.337. The number of aliphatic imine (C=N–C) groups is 1. The number of nitrogens with one attached hydrogen (secondary N) is 1. The molecule has 1 fully saturated rings. The number of nitrogens with zero attached hydrogens (tertiary/aromatic N) is 3. The first-order chi connectivity index (χ1) is 13.4. The molecule has 1 saturated heterocycles. The van der Waals surface area contributed by atoms with Crippen LogP contribution in [0.4, 0.5) is 8.78 Å². The number of ether oxygens (including phenoxy) is 1. The third-order valence-electron chi connectivity index (χ3n) is 4.77. The van der Waals surface area contributed by atoms with Crippen LogP contribution in [0.25, 0.3) is 0 Å². The number of guanidine groups is 1. The van der Waals surface area contributed by atoms with E-state index in [-0.39, 0.29) is 35.6 Å². The van der Waals surface area contributed by atoms with Gasteiger partial charge in [-0.25, -0.2) is 0 Å². The van der Waals surface area contributed by atoms with Crippen LogP contribution in [0.2, 0.25) is 0 Å². The van der Waals surface area contributed by atoms with Crippen molar-refractivity contribution in [3.05, 3.63) is 29.8 Å². The molecular weight excluding hydrogens is 493 g/mol. The second-order valence-electron chi connectivity index (χ2n) is 7.19. The molecule has 1 amide bonds. The number of carbonyl (C=O) groups is 1. The minimum atomic E-state index is -2.83. The van der Waals surface area contributed by atoms with E-state index in [4.69, 9.17) is 0 Å². The Labute approximate surface area is 188 Å². The molecule has 6 nitrogen and oxygen atoms in total. The van der Waals surface area contributed by atoms with Crippen molar-refractivity contribution in [3.63, 3.8) is 0 Å². The lowest BCUT2D eigenvalue weighted by Crippen LogP contribution is -2.42. The molecule has 1 unspecified atom stereocenters. The molecule has 1 aliphatic rings. The minimum absolute atomic E-state index is 0. The maximum atomic E-state index is 12.3. The van der Waals surface area contributed by atoms with Gasteiger partial charge in [-0.05, 0) is 36.5 Å². The number of piperidine rings is 1. The highest BCUT2D eigenvalue weighted by Gasteiger charge is 2.20. The highest BCUT2D eigenvalue weighted by Crippen LogP contribution is 2.17. The van der Waals surface area contributed by atoms with Crippen molar-refractivity contribution in [2.75, 3.05) is 33.7 Å². The summed E-state index contributed by atoms with van der Waals surface area (Å²) in [6.45, 7) is 2.11. The summed E-state index contributed by atoms with van der Waals surface area (Å²) in [5.41, 5.74) is 0.936. The summed E-state index contributed by atoms with van der Waals surface area (Å²) >= 11 is 0. The van der Waals surface area contributed by atoms with E-state index in [1.807, 2.05) is 16.8 Å². The van der Waals surface area contributed by atoms with Gasteiger partial charge in [0.25, 0.3) is 0 Å². The van der Waals surface area contributed by atoms with Gasteiger partial charge < -0.3 is 19.9 Å². The maximum absolute atomic E-state index is 12.3. The molecule has 0 spiro atoms. The summed E-state index contributed by atoms with van der Waals surface area (Å²) in [6.07, 6.45) is 2.69. The van der Waals surface area contributed by atoms with E-state index in [9.17, 15) is 13.6 Å². The first kappa shape index (κ1) is 25.4. The average Bonchev–Trinajstić information content (AvgIpc) is 2.66. The maximum Gasteiger partial charge on any atom is 0.387 e. The number of carbonyl (C=O) groups excluding carboxylic acids is 1. The van der Waals surface area contributed by atoms with E-state index in [1.54, 1.807) is 19.2 Å². The van der Waals surface area contributed by atoms with Crippen LogP contribution in [-0.2, 0) is 11.3 Å². The topological polar surface area (TPSA) is 57.2 Å². The largest absolute Gasteiger partial charge is 0.435 e. The lowest BCUT2D eigenvalue weighted by Gasteiger charge is -2.31. The first-order valence-electron chi connectivity index (χ1n) is 9.62. The fraction of sp³-hybridized carbons (Fsp3) is 0.600. The van der Waals surface area contributed by atoms with Crippen molar-refractivity contribution < 1.29 is 18.3 Å². The summed E-state index contributed by atoms with van der Waals surface area (Å²) in [7, 11) is 3.57. The van der Waals surface area contributed by atoms with Crippen molar-refractivity contribution in [2.24, 2.45) is 10.9 Å². The van der Waals surface area contributed by atoms with Gasteiger partial charge in [-0.1, -0.05) is 19.1 Å². The Bertz CT molecular complexity index is 658. The number of rotatable bonds is 7. The molecule has 0 radical (unpaired) electrons. The second kappa shape index (κ2) is 12.8. The highest BCUT2D eigenvalue weighted by atomic mass is 127. The van der Waals surface area contributed by atoms with Gasteiger partial charge in [0, 0.05) is 46.7 Å². The van der Waals surface area contributed by atoms with Crippen molar-refractivity contribution in [3.8, 4) is 5.75 Å². The van der Waals surface area contributed by atoms with Crippen LogP contribution in [0.5, 0.6) is 5.75 Å². The Hall–Kier alpha value is -1.65. The lowest BCUT2D eigenvalue weighted by atomic mass is 10.00. The Kier molecular flexibility index (Phi) is 11.2. The fourth-order valence-electron chi connectivity index (χ4n) is 3.37. The molecule has 0 aromatic heterocycles. The van der Waals surface area contributed by atoms with Gasteiger partial charge >= 0.3 is 6.61 Å². The van der Waals surface area contributed by atoms with Gasteiger partial charge in [0.1, 0.15) is 5.75 Å². The third-order valence-corrected chi connectivity index (χ3v) is 4.77. The van der Waals surface area contributed by atoms with Crippen LogP contribution in [0, 0.1) is 5.92 Å². The number of likely N-dealkylation sites (tertiary alicyclic amines) is 1. The summed E-state index contributed by atoms with van der Waals surface area (Å²) in [4.78, 5) is 20.5. The normalized spacial score (nSPS) is 17.0. The molecule has 2 rings (SSSR count). The van der Waals surface area contributed by atoms with E-state index >= 15 is 0 Å². The number of alkyl halides is 2. The second-order valence-corrected chi connectivity index (χ2v) is 7.19. The molecule has 1 aromatic rings. The number of benzene rings is 1. The Morgan fingerprint density at radius 1 is 1.38 bits per heavy atom. The smallest absolute Gasteiger partial charge is 0.387 e. The SMILES string of the molecule is CN=C(NCCC(=O)N1CCCC(C)C1)N(C)Cc1ccc(OC(F)F)cc1.I. The molecule has 1 aliphatic heterocycles. The van der Waals surface area contributed by atoms with E-state index in [1.165, 1.54) is 18.6 Å². The van der Waals surface area contributed by atoms with Crippen LogP contribution in [-0.4, -0.2) is 62.0 Å². The summed E-state index contributed by atoms with van der Waals surface area (Å²) in [5, 5.41) is 3.21. The molecule has 0 aliphatic carbocycles. The van der Waals surface area contributed by atoms with E-state index in [0.29, 0.717) is 31.4 Å². The molecule has 1 N–H and O–H groups in total. The Morgan fingerprint density at radius 2 is 2.07 bits per heavy atom. The zero-order valence-corrected chi connectivity index (χ0v) is 19.6. The van der Waals surface area contributed by atoms with Crippen molar-refractivity contribution in [1.29, 1.82) is 0 Å². The standard InChI is InChI=1S/C20H30F2N4O2.HI/c1-15-5-4-12-26(13-15)18(27)10-11-24-20(23-2)25(3)14-16-6-8-17(9-7-16)28-19(21)22;/h6-9,15,19H,4-5,10-14H2,1-3H3,(H,23,24);1H. The Balaban J connectivity index is 0.00000420. The lowest BCUT2D eigenvalue weighted by molar-refractivity contribution is -0.132. The first-order valence-corrected chi connectivity index (χ1v) is 9.62. The van der Waals surface area contributed by atoms with Crippen LogP contribution < -0.4 is 10.1 Å². The molecule has 1 atom stereocenters. The van der Waals surface area contributed by atoms with E-state index < -0.39 is 6.61 Å². The van der Waals surface area contributed by atoms with Crippen LogP contribution >= 0.6 is 24.0 Å². The van der Waals surface area contributed by atoms with Crippen molar-refractivity contribution in [2.45, 2.75) is 39.3 Å². The van der Waals surface area contributed by atoms with Crippen molar-refractivity contribution >= 4 is 35.8 Å². The number of halogens is 3. The number of amides is 1. The zero-order chi connectivity index (χ0) is 20.5. The average molecular weight is 524 g/mol. The van der Waals surface area contributed by atoms with Crippen LogP contribution in [0.1, 0.15) is 31.7 Å². The predicted molar refractivity (Wildman–Crippen MR) is 121 cm³/mol. The van der Waals surface area contributed by atoms with Gasteiger partial charge in [-0.2, -0.15) is 8.78 Å². The molecule has 29 heavy (non-hydrogen) atoms. The predicted octanol–water partition coefficient (Wildman–Crippen LogP) is 3.56. The molecule has 1 heterocycles. The molecular formula is C20H31F2IN4O2. The zero-order valence-electron chi connectivity index (χ0n) is 17.2. The van der Waals surface area contributed by atoms with Gasteiger partial charge in [0.2, 0.25) is 5.91 Å².